The highest BCUT2D eigenvalue weighted by molar-refractivity contribution is 7.99. The minimum Gasteiger partial charge on any atom is -0.480 e. The van der Waals surface area contributed by atoms with Crippen molar-refractivity contribution >= 4 is 23.6 Å². The maximum absolute atomic E-state index is 12.3. The molecule has 1 N–H and O–H groups in total. The maximum Gasteiger partial charge on any atom is 0.327 e. The molecule has 1 aliphatic heterocycles. The van der Waals surface area contributed by atoms with Crippen LogP contribution in [-0.2, 0) is 11.2 Å². The van der Waals surface area contributed by atoms with E-state index in [4.69, 9.17) is 5.11 Å². The summed E-state index contributed by atoms with van der Waals surface area (Å²) < 4.78 is 0. The van der Waals surface area contributed by atoms with Crippen LogP contribution in [0.1, 0.15) is 35.7 Å². The molecule has 1 aromatic carbocycles. The quantitative estimate of drug-likeness (QED) is 0.906. The molecule has 0 radical (unpaired) electrons. The van der Waals surface area contributed by atoms with Gasteiger partial charge in [-0.25, -0.2) is 4.79 Å². The smallest absolute Gasteiger partial charge is 0.327 e. The Morgan fingerprint density at radius 3 is 2.65 bits per heavy atom. The lowest BCUT2D eigenvalue weighted by Gasteiger charge is -2.20. The van der Waals surface area contributed by atoms with Crippen molar-refractivity contribution < 1.29 is 14.7 Å². The van der Waals surface area contributed by atoms with E-state index in [0.29, 0.717) is 17.2 Å². The van der Waals surface area contributed by atoms with E-state index in [1.807, 2.05) is 12.1 Å². The molecule has 1 atom stereocenters. The highest BCUT2D eigenvalue weighted by atomic mass is 32.2. The second kappa shape index (κ2) is 6.79. The van der Waals surface area contributed by atoms with Crippen LogP contribution in [0.4, 0.5) is 0 Å². The van der Waals surface area contributed by atoms with E-state index in [-0.39, 0.29) is 5.91 Å². The summed E-state index contributed by atoms with van der Waals surface area (Å²) in [5.41, 5.74) is 1.79. The van der Waals surface area contributed by atoms with Crippen LogP contribution >= 0.6 is 11.8 Å². The second-order valence-electron chi connectivity index (χ2n) is 4.93. The van der Waals surface area contributed by atoms with Gasteiger partial charge >= 0.3 is 5.97 Å². The van der Waals surface area contributed by atoms with Gasteiger partial charge in [0.1, 0.15) is 6.04 Å². The SMILES string of the molecule is CCCCc1ccc(C(=O)N2CSC[C@H]2C(=O)O)cc1. The van der Waals surface area contributed by atoms with Gasteiger partial charge in [0.05, 0.1) is 5.88 Å². The molecule has 4 nitrogen and oxygen atoms in total. The molecule has 0 aliphatic carbocycles. The molecule has 108 valence electrons. The summed E-state index contributed by atoms with van der Waals surface area (Å²) in [6, 6.07) is 6.82. The van der Waals surface area contributed by atoms with E-state index >= 15 is 0 Å². The second-order valence-corrected chi connectivity index (χ2v) is 5.93. The lowest BCUT2D eigenvalue weighted by Crippen LogP contribution is -2.41. The van der Waals surface area contributed by atoms with Crippen LogP contribution < -0.4 is 0 Å². The Morgan fingerprint density at radius 2 is 2.05 bits per heavy atom. The van der Waals surface area contributed by atoms with Gasteiger partial charge in [0, 0.05) is 11.3 Å². The highest BCUT2D eigenvalue weighted by Crippen LogP contribution is 2.23. The summed E-state index contributed by atoms with van der Waals surface area (Å²) in [5.74, 6) is -0.199. The molecule has 20 heavy (non-hydrogen) atoms. The largest absolute Gasteiger partial charge is 0.480 e. The molecular formula is C15H19NO3S. The van der Waals surface area contributed by atoms with E-state index < -0.39 is 12.0 Å². The fourth-order valence-electron chi connectivity index (χ4n) is 2.21. The zero-order chi connectivity index (χ0) is 14.5. The lowest BCUT2D eigenvalue weighted by atomic mass is 10.1. The van der Waals surface area contributed by atoms with E-state index in [1.165, 1.54) is 22.2 Å². The predicted molar refractivity (Wildman–Crippen MR) is 80.0 cm³/mol. The molecule has 5 heteroatoms. The van der Waals surface area contributed by atoms with Crippen LogP contribution in [-0.4, -0.2) is 39.6 Å². The molecule has 1 amide bonds. The van der Waals surface area contributed by atoms with Crippen molar-refractivity contribution in [1.82, 2.24) is 4.90 Å². The van der Waals surface area contributed by atoms with Gasteiger partial charge in [0.2, 0.25) is 0 Å². The molecule has 1 aliphatic rings. The molecular weight excluding hydrogens is 274 g/mol. The molecule has 1 aromatic rings. The van der Waals surface area contributed by atoms with Gasteiger partial charge in [-0.3, -0.25) is 4.79 Å². The molecule has 1 saturated heterocycles. The third-order valence-electron chi connectivity index (χ3n) is 3.45. The summed E-state index contributed by atoms with van der Waals surface area (Å²) in [7, 11) is 0. The Kier molecular flexibility index (Phi) is 5.06. The monoisotopic (exact) mass is 293 g/mol. The first kappa shape index (κ1) is 14.9. The number of nitrogens with zero attached hydrogens (tertiary/aromatic N) is 1. The van der Waals surface area contributed by atoms with E-state index in [2.05, 4.69) is 6.92 Å². The fourth-order valence-corrected chi connectivity index (χ4v) is 3.35. The molecule has 2 rings (SSSR count). The van der Waals surface area contributed by atoms with E-state index in [9.17, 15) is 9.59 Å². The normalized spacial score (nSPS) is 18.2. The zero-order valence-electron chi connectivity index (χ0n) is 11.5. The topological polar surface area (TPSA) is 57.6 Å². The number of carbonyl (C=O) groups is 2. The van der Waals surface area contributed by atoms with Gasteiger partial charge in [0.25, 0.3) is 5.91 Å². The van der Waals surface area contributed by atoms with Gasteiger partial charge in [-0.2, -0.15) is 0 Å². The van der Waals surface area contributed by atoms with Crippen molar-refractivity contribution in [2.75, 3.05) is 11.6 Å². The van der Waals surface area contributed by atoms with Gasteiger partial charge in [-0.05, 0) is 30.5 Å². The summed E-state index contributed by atoms with van der Waals surface area (Å²) in [6.45, 7) is 2.15. The summed E-state index contributed by atoms with van der Waals surface area (Å²) >= 11 is 1.48. The van der Waals surface area contributed by atoms with E-state index in [0.717, 1.165) is 19.3 Å². The van der Waals surface area contributed by atoms with Gasteiger partial charge in [-0.1, -0.05) is 25.5 Å². The first-order valence-electron chi connectivity index (χ1n) is 6.84. The number of benzene rings is 1. The standard InChI is InChI=1S/C15H19NO3S/c1-2-3-4-11-5-7-12(8-6-11)14(17)16-10-20-9-13(16)15(18)19/h5-8,13H,2-4,9-10H2,1H3,(H,18,19)/t13-/m0/s1. The Morgan fingerprint density at radius 1 is 1.35 bits per heavy atom. The Labute approximate surface area is 123 Å². The van der Waals surface area contributed by atoms with Gasteiger partial charge in [-0.15, -0.1) is 11.8 Å². The Hall–Kier alpha value is -1.49. The van der Waals surface area contributed by atoms with Crippen LogP contribution in [0.25, 0.3) is 0 Å². The number of aliphatic carboxylic acids is 1. The van der Waals surface area contributed by atoms with Crippen LogP contribution in [0.3, 0.4) is 0 Å². The van der Waals surface area contributed by atoms with Crippen molar-refractivity contribution in [3.8, 4) is 0 Å². The fraction of sp³-hybridized carbons (Fsp3) is 0.467. The van der Waals surface area contributed by atoms with Crippen molar-refractivity contribution in [1.29, 1.82) is 0 Å². The molecule has 0 bridgehead atoms. The lowest BCUT2D eigenvalue weighted by molar-refractivity contribution is -0.140. The minimum absolute atomic E-state index is 0.190. The number of carbonyl (C=O) groups excluding carboxylic acids is 1. The number of thioether (sulfide) groups is 1. The third-order valence-corrected chi connectivity index (χ3v) is 4.46. The first-order valence-corrected chi connectivity index (χ1v) is 7.99. The highest BCUT2D eigenvalue weighted by Gasteiger charge is 2.34. The number of amides is 1. The van der Waals surface area contributed by atoms with Crippen molar-refractivity contribution in [2.45, 2.75) is 32.2 Å². The average molecular weight is 293 g/mol. The maximum atomic E-state index is 12.3. The molecule has 0 saturated carbocycles. The van der Waals surface area contributed by atoms with E-state index in [1.54, 1.807) is 12.1 Å². The number of hydrogen-bond donors (Lipinski definition) is 1. The van der Waals surface area contributed by atoms with Gasteiger partial charge < -0.3 is 10.0 Å². The molecule has 0 spiro atoms. The van der Waals surface area contributed by atoms with Crippen LogP contribution in [0, 0.1) is 0 Å². The Bertz CT molecular complexity index is 486. The summed E-state index contributed by atoms with van der Waals surface area (Å²) in [5, 5.41) is 9.11. The predicted octanol–water partition coefficient (Wildman–Crippen LogP) is 2.63. The third kappa shape index (κ3) is 3.33. The molecule has 1 heterocycles. The molecule has 1 fully saturated rings. The molecule has 0 unspecified atom stereocenters. The van der Waals surface area contributed by atoms with Crippen LogP contribution in [0.5, 0.6) is 0 Å². The summed E-state index contributed by atoms with van der Waals surface area (Å²) in [6.07, 6.45) is 3.30. The number of aryl methyl sites for hydroxylation is 1. The first-order chi connectivity index (χ1) is 9.63. The molecule has 0 aromatic heterocycles. The number of unbranched alkanes of at least 4 members (excludes halogenated alkanes) is 1. The minimum atomic E-state index is -0.928. The van der Waals surface area contributed by atoms with Crippen LogP contribution in [0.2, 0.25) is 0 Å². The van der Waals surface area contributed by atoms with Crippen molar-refractivity contribution in [3.05, 3.63) is 35.4 Å². The number of carboxylic acids is 1. The Balaban J connectivity index is 2.07. The number of rotatable bonds is 5. The van der Waals surface area contributed by atoms with Crippen LogP contribution in [0.15, 0.2) is 24.3 Å². The average Bonchev–Trinajstić information content (AvgIpc) is 2.94. The number of hydrogen-bond acceptors (Lipinski definition) is 3. The van der Waals surface area contributed by atoms with Gasteiger partial charge in [0.15, 0.2) is 0 Å². The zero-order valence-corrected chi connectivity index (χ0v) is 12.4. The van der Waals surface area contributed by atoms with Crippen molar-refractivity contribution in [3.63, 3.8) is 0 Å². The number of carboxylic acid groups (broad SMARTS) is 1. The van der Waals surface area contributed by atoms with Crippen molar-refractivity contribution in [2.24, 2.45) is 0 Å². The summed E-state index contributed by atoms with van der Waals surface area (Å²) in [4.78, 5) is 24.9.